The van der Waals surface area contributed by atoms with Crippen LogP contribution in [0, 0.1) is 6.92 Å². The smallest absolute Gasteiger partial charge is 0.233 e. The van der Waals surface area contributed by atoms with E-state index >= 15 is 0 Å². The molecule has 2 aromatic rings. The van der Waals surface area contributed by atoms with Crippen LogP contribution in [0.4, 0.5) is 5.13 Å². The van der Waals surface area contributed by atoms with Crippen LogP contribution < -0.4 is 5.32 Å². The summed E-state index contributed by atoms with van der Waals surface area (Å²) in [7, 11) is 1.85. The molecule has 0 radical (unpaired) electrons. The Kier molecular flexibility index (Phi) is 2.95. The fourth-order valence-electron chi connectivity index (χ4n) is 1.22. The van der Waals surface area contributed by atoms with Crippen LogP contribution in [0.1, 0.15) is 10.8 Å². The summed E-state index contributed by atoms with van der Waals surface area (Å²) in [5.74, 6) is 0.587. The normalized spacial score (nSPS) is 10.4. The van der Waals surface area contributed by atoms with Gasteiger partial charge >= 0.3 is 0 Å². The maximum atomic E-state index is 11.6. The van der Waals surface area contributed by atoms with E-state index in [1.807, 2.05) is 18.5 Å². The van der Waals surface area contributed by atoms with Crippen molar-refractivity contribution >= 4 is 22.4 Å². The number of nitrogens with one attached hydrogen (secondary N) is 1. The summed E-state index contributed by atoms with van der Waals surface area (Å²) in [6, 6.07) is 0. The van der Waals surface area contributed by atoms with E-state index in [2.05, 4.69) is 20.5 Å². The third-order valence-corrected chi connectivity index (χ3v) is 2.77. The van der Waals surface area contributed by atoms with Crippen molar-refractivity contribution in [1.82, 2.24) is 19.7 Å². The van der Waals surface area contributed by atoms with Crippen LogP contribution in [-0.2, 0) is 18.3 Å². The summed E-state index contributed by atoms with van der Waals surface area (Å²) in [4.78, 5) is 15.7. The van der Waals surface area contributed by atoms with E-state index in [-0.39, 0.29) is 12.3 Å². The lowest BCUT2D eigenvalue weighted by Crippen LogP contribution is -2.16. The first kappa shape index (κ1) is 10.7. The van der Waals surface area contributed by atoms with Crippen LogP contribution >= 0.6 is 11.3 Å². The molecule has 16 heavy (non-hydrogen) atoms. The largest absolute Gasteiger partial charge is 0.338 e. The van der Waals surface area contributed by atoms with Crippen molar-refractivity contribution in [2.24, 2.45) is 7.05 Å². The molecule has 2 aromatic heterocycles. The summed E-state index contributed by atoms with van der Waals surface area (Å²) < 4.78 is 1.81. The minimum atomic E-state index is -0.134. The molecule has 84 valence electrons. The van der Waals surface area contributed by atoms with E-state index in [4.69, 9.17) is 0 Å². The van der Waals surface area contributed by atoms with E-state index in [9.17, 15) is 4.79 Å². The second-order valence-electron chi connectivity index (χ2n) is 3.31. The molecule has 0 unspecified atom stereocenters. The first-order valence-electron chi connectivity index (χ1n) is 4.71. The number of aryl methyl sites for hydroxylation is 2. The minimum absolute atomic E-state index is 0.134. The molecule has 6 nitrogen and oxygen atoms in total. The van der Waals surface area contributed by atoms with Crippen LogP contribution in [0.5, 0.6) is 0 Å². The molecular formula is C9H11N5OS. The molecule has 0 spiro atoms. The lowest BCUT2D eigenvalue weighted by Gasteiger charge is -2.01. The highest BCUT2D eigenvalue weighted by Gasteiger charge is 2.09. The van der Waals surface area contributed by atoms with Gasteiger partial charge < -0.3 is 9.88 Å². The lowest BCUT2D eigenvalue weighted by molar-refractivity contribution is -0.115. The first-order chi connectivity index (χ1) is 7.65. The Balaban J connectivity index is 1.97. The topological polar surface area (TPSA) is 72.7 Å². The van der Waals surface area contributed by atoms with Gasteiger partial charge in [0, 0.05) is 19.4 Å². The molecule has 7 heteroatoms. The maximum absolute atomic E-state index is 11.6. The van der Waals surface area contributed by atoms with Crippen molar-refractivity contribution in [1.29, 1.82) is 0 Å². The van der Waals surface area contributed by atoms with Crippen LogP contribution in [0.25, 0.3) is 0 Å². The second kappa shape index (κ2) is 4.40. The number of anilines is 1. The molecule has 1 N–H and O–H groups in total. The minimum Gasteiger partial charge on any atom is -0.338 e. The van der Waals surface area contributed by atoms with Gasteiger partial charge in [0.25, 0.3) is 0 Å². The van der Waals surface area contributed by atoms with Crippen molar-refractivity contribution in [3.05, 3.63) is 23.2 Å². The number of imidazole rings is 1. The highest BCUT2D eigenvalue weighted by molar-refractivity contribution is 7.15. The molecule has 0 atom stereocenters. The van der Waals surface area contributed by atoms with Crippen molar-refractivity contribution < 1.29 is 4.79 Å². The number of amides is 1. The number of nitrogens with zero attached hydrogens (tertiary/aromatic N) is 4. The molecule has 0 aromatic carbocycles. The molecule has 0 aliphatic carbocycles. The van der Waals surface area contributed by atoms with E-state index in [1.54, 1.807) is 12.4 Å². The quantitative estimate of drug-likeness (QED) is 0.855. The van der Waals surface area contributed by atoms with Gasteiger partial charge in [-0.1, -0.05) is 11.3 Å². The van der Waals surface area contributed by atoms with Gasteiger partial charge in [0.15, 0.2) is 0 Å². The Morgan fingerprint density at radius 1 is 1.56 bits per heavy atom. The van der Waals surface area contributed by atoms with Gasteiger partial charge in [-0.05, 0) is 6.92 Å². The second-order valence-corrected chi connectivity index (χ2v) is 4.49. The molecule has 0 aliphatic rings. The average molecular weight is 237 g/mol. The van der Waals surface area contributed by atoms with Crippen molar-refractivity contribution in [2.45, 2.75) is 13.3 Å². The standard InChI is InChI=1S/C9H11N5OS/c1-6-12-13-9(16-6)11-8(15)5-7-10-3-4-14(7)2/h3-4H,5H2,1-2H3,(H,11,13,15). The molecule has 2 heterocycles. The number of carbonyl (C=O) groups excluding carboxylic acids is 1. The van der Waals surface area contributed by atoms with Crippen molar-refractivity contribution in [3.8, 4) is 0 Å². The Morgan fingerprint density at radius 2 is 2.38 bits per heavy atom. The third-order valence-electron chi connectivity index (χ3n) is 2.01. The van der Waals surface area contributed by atoms with Gasteiger partial charge in [0.2, 0.25) is 11.0 Å². The molecular weight excluding hydrogens is 226 g/mol. The van der Waals surface area contributed by atoms with Gasteiger partial charge in [0.05, 0.1) is 6.42 Å². The molecule has 0 aliphatic heterocycles. The Hall–Kier alpha value is -1.76. The van der Waals surface area contributed by atoms with Crippen LogP contribution in [0.3, 0.4) is 0 Å². The number of hydrogen-bond acceptors (Lipinski definition) is 5. The van der Waals surface area contributed by atoms with E-state index < -0.39 is 0 Å². The molecule has 0 saturated carbocycles. The summed E-state index contributed by atoms with van der Waals surface area (Å²) in [6.07, 6.45) is 3.71. The Labute approximate surface area is 96.3 Å². The predicted molar refractivity (Wildman–Crippen MR) is 60.2 cm³/mol. The zero-order valence-corrected chi connectivity index (χ0v) is 9.78. The van der Waals surface area contributed by atoms with E-state index in [1.165, 1.54) is 11.3 Å². The summed E-state index contributed by atoms with van der Waals surface area (Å²) in [5.41, 5.74) is 0. The average Bonchev–Trinajstić information content (AvgIpc) is 2.77. The molecule has 0 saturated heterocycles. The SMILES string of the molecule is Cc1nnc(NC(=O)Cc2nccn2C)s1. The third kappa shape index (κ3) is 2.43. The summed E-state index contributed by atoms with van der Waals surface area (Å²) in [5, 5.41) is 11.7. The zero-order chi connectivity index (χ0) is 11.5. The zero-order valence-electron chi connectivity index (χ0n) is 8.97. The van der Waals surface area contributed by atoms with E-state index in [0.29, 0.717) is 5.13 Å². The highest BCUT2D eigenvalue weighted by atomic mass is 32.1. The number of carbonyl (C=O) groups is 1. The number of hydrogen-bond donors (Lipinski definition) is 1. The van der Waals surface area contributed by atoms with Crippen molar-refractivity contribution in [3.63, 3.8) is 0 Å². The van der Waals surface area contributed by atoms with Gasteiger partial charge in [-0.2, -0.15) is 0 Å². The van der Waals surface area contributed by atoms with Gasteiger partial charge in [-0.15, -0.1) is 10.2 Å². The molecule has 1 amide bonds. The predicted octanol–water partition coefficient (Wildman–Crippen LogP) is 0.761. The van der Waals surface area contributed by atoms with Gasteiger partial charge in [-0.25, -0.2) is 4.98 Å². The maximum Gasteiger partial charge on any atom is 0.233 e. The van der Waals surface area contributed by atoms with Crippen LogP contribution in [-0.4, -0.2) is 25.7 Å². The number of rotatable bonds is 3. The Morgan fingerprint density at radius 3 is 2.94 bits per heavy atom. The first-order valence-corrected chi connectivity index (χ1v) is 5.53. The van der Waals surface area contributed by atoms with Gasteiger partial charge in [0.1, 0.15) is 10.8 Å². The summed E-state index contributed by atoms with van der Waals surface area (Å²) in [6.45, 7) is 1.84. The van der Waals surface area contributed by atoms with Gasteiger partial charge in [-0.3, -0.25) is 4.79 Å². The highest BCUT2D eigenvalue weighted by Crippen LogP contribution is 2.13. The summed E-state index contributed by atoms with van der Waals surface area (Å²) >= 11 is 1.35. The molecule has 2 rings (SSSR count). The monoisotopic (exact) mass is 237 g/mol. The van der Waals surface area contributed by atoms with E-state index in [0.717, 1.165) is 10.8 Å². The lowest BCUT2D eigenvalue weighted by atomic mass is 10.4. The number of aromatic nitrogens is 4. The Bertz CT molecular complexity index is 503. The fraction of sp³-hybridized carbons (Fsp3) is 0.333. The molecule has 0 fully saturated rings. The fourth-order valence-corrected chi connectivity index (χ4v) is 1.83. The van der Waals surface area contributed by atoms with Crippen LogP contribution in [0.15, 0.2) is 12.4 Å². The van der Waals surface area contributed by atoms with Crippen molar-refractivity contribution in [2.75, 3.05) is 5.32 Å². The van der Waals surface area contributed by atoms with Crippen LogP contribution in [0.2, 0.25) is 0 Å². The molecule has 0 bridgehead atoms.